The van der Waals surface area contributed by atoms with Crippen LogP contribution in [0.1, 0.15) is 11.6 Å². The number of halogens is 2. The van der Waals surface area contributed by atoms with Gasteiger partial charge in [0, 0.05) is 19.6 Å². The molecular formula is C12H13ClFN3O. The van der Waals surface area contributed by atoms with Crippen molar-refractivity contribution in [1.82, 2.24) is 15.5 Å². The maximum atomic E-state index is 13.1. The lowest BCUT2D eigenvalue weighted by Gasteiger charge is -2.34. The zero-order valence-corrected chi connectivity index (χ0v) is 10.4. The molecule has 0 aromatic heterocycles. The Morgan fingerprint density at radius 3 is 2.78 bits per heavy atom. The van der Waals surface area contributed by atoms with Gasteiger partial charge < -0.3 is 15.5 Å². The van der Waals surface area contributed by atoms with Crippen molar-refractivity contribution in [2.45, 2.75) is 12.1 Å². The van der Waals surface area contributed by atoms with Crippen molar-refractivity contribution in [3.8, 4) is 0 Å². The Morgan fingerprint density at radius 2 is 2.17 bits per heavy atom. The molecule has 18 heavy (non-hydrogen) atoms. The molecule has 0 saturated carbocycles. The number of hydrogen-bond acceptors (Lipinski definition) is 2. The predicted molar refractivity (Wildman–Crippen MR) is 66.0 cm³/mol. The van der Waals surface area contributed by atoms with Crippen LogP contribution in [0.2, 0.25) is 5.02 Å². The van der Waals surface area contributed by atoms with Gasteiger partial charge in [0.05, 0.1) is 17.1 Å². The summed E-state index contributed by atoms with van der Waals surface area (Å²) in [6, 6.07) is 4.66. The molecular weight excluding hydrogens is 257 g/mol. The number of nitrogens with one attached hydrogen (secondary N) is 2. The van der Waals surface area contributed by atoms with Gasteiger partial charge in [0.25, 0.3) is 0 Å². The summed E-state index contributed by atoms with van der Waals surface area (Å²) in [5, 5.41) is 6.12. The van der Waals surface area contributed by atoms with E-state index in [1.54, 1.807) is 12.1 Å². The number of nitrogens with zero attached hydrogens (tertiary/aromatic N) is 1. The van der Waals surface area contributed by atoms with Crippen LogP contribution in [0.15, 0.2) is 18.2 Å². The summed E-state index contributed by atoms with van der Waals surface area (Å²) in [4.78, 5) is 13.6. The second kappa shape index (κ2) is 4.40. The number of amides is 2. The zero-order valence-electron chi connectivity index (χ0n) is 9.62. The highest BCUT2D eigenvalue weighted by atomic mass is 35.5. The van der Waals surface area contributed by atoms with Gasteiger partial charge in [-0.3, -0.25) is 0 Å². The monoisotopic (exact) mass is 269 g/mol. The van der Waals surface area contributed by atoms with Crippen molar-refractivity contribution in [3.63, 3.8) is 0 Å². The lowest BCUT2D eigenvalue weighted by Crippen LogP contribution is -2.57. The number of benzene rings is 1. The average Bonchev–Trinajstić information content (AvgIpc) is 2.63. The average molecular weight is 270 g/mol. The first kappa shape index (κ1) is 11.7. The third-order valence-electron chi connectivity index (χ3n) is 3.48. The number of rotatable bonds is 2. The van der Waals surface area contributed by atoms with Gasteiger partial charge in [-0.2, -0.15) is 0 Å². The molecule has 96 valence electrons. The third-order valence-corrected chi connectivity index (χ3v) is 3.77. The molecule has 0 radical (unpaired) electrons. The molecule has 6 heteroatoms. The van der Waals surface area contributed by atoms with E-state index in [-0.39, 0.29) is 23.1 Å². The fraction of sp³-hybridized carbons (Fsp3) is 0.417. The lowest BCUT2D eigenvalue weighted by molar-refractivity contribution is 0.172. The molecule has 1 aromatic carbocycles. The zero-order chi connectivity index (χ0) is 12.7. The highest BCUT2D eigenvalue weighted by Crippen LogP contribution is 2.26. The van der Waals surface area contributed by atoms with E-state index in [9.17, 15) is 9.18 Å². The van der Waals surface area contributed by atoms with E-state index in [0.717, 1.165) is 18.7 Å². The summed E-state index contributed by atoms with van der Waals surface area (Å²) in [5.41, 5.74) is 0.838. The van der Waals surface area contributed by atoms with Crippen LogP contribution in [-0.4, -0.2) is 36.6 Å². The first-order valence-electron chi connectivity index (χ1n) is 5.88. The van der Waals surface area contributed by atoms with E-state index >= 15 is 0 Å². The second-order valence-electron chi connectivity index (χ2n) is 4.64. The van der Waals surface area contributed by atoms with Crippen LogP contribution in [0.3, 0.4) is 0 Å². The molecule has 0 spiro atoms. The van der Waals surface area contributed by atoms with Crippen LogP contribution in [-0.2, 0) is 0 Å². The first-order chi connectivity index (χ1) is 8.65. The summed E-state index contributed by atoms with van der Waals surface area (Å²) < 4.78 is 13.1. The Labute approximate surface area is 109 Å². The van der Waals surface area contributed by atoms with Crippen LogP contribution in [0.25, 0.3) is 0 Å². The molecule has 2 fully saturated rings. The van der Waals surface area contributed by atoms with Crippen LogP contribution >= 0.6 is 11.6 Å². The molecule has 2 N–H and O–H groups in total. The van der Waals surface area contributed by atoms with E-state index in [1.807, 2.05) is 4.90 Å². The van der Waals surface area contributed by atoms with Gasteiger partial charge in [-0.05, 0) is 17.7 Å². The molecule has 2 amide bonds. The van der Waals surface area contributed by atoms with Gasteiger partial charge in [-0.25, -0.2) is 9.18 Å². The van der Waals surface area contributed by atoms with E-state index in [2.05, 4.69) is 10.6 Å². The molecule has 2 aliphatic heterocycles. The summed E-state index contributed by atoms with van der Waals surface area (Å²) in [6.45, 7) is 2.28. The smallest absolute Gasteiger partial charge is 0.318 e. The molecule has 2 heterocycles. The van der Waals surface area contributed by atoms with Crippen molar-refractivity contribution in [2.75, 3.05) is 19.6 Å². The Bertz CT molecular complexity index is 492. The second-order valence-corrected chi connectivity index (χ2v) is 5.05. The van der Waals surface area contributed by atoms with Crippen LogP contribution in [0.5, 0.6) is 0 Å². The summed E-state index contributed by atoms with van der Waals surface area (Å²) in [6.07, 6.45) is 0. The standard InChI is InChI=1S/C12H13ClFN3O/c13-9-3-7(1-2-10(9)14)11-6-17(12(18)16-11)8-4-15-5-8/h1-3,8,11,15H,4-6H2,(H,16,18). The minimum Gasteiger partial charge on any atom is -0.329 e. The SMILES string of the molecule is O=C1NC(c2ccc(F)c(Cl)c2)CN1C1CNC1. The lowest BCUT2D eigenvalue weighted by atomic mass is 10.1. The highest BCUT2D eigenvalue weighted by Gasteiger charge is 2.36. The van der Waals surface area contributed by atoms with Crippen LogP contribution in [0.4, 0.5) is 9.18 Å². The fourth-order valence-corrected chi connectivity index (χ4v) is 2.47. The maximum Gasteiger partial charge on any atom is 0.318 e. The van der Waals surface area contributed by atoms with Gasteiger partial charge in [0.15, 0.2) is 0 Å². The highest BCUT2D eigenvalue weighted by molar-refractivity contribution is 6.30. The molecule has 0 bridgehead atoms. The van der Waals surface area contributed by atoms with Crippen molar-refractivity contribution >= 4 is 17.6 Å². The third kappa shape index (κ3) is 1.93. The summed E-state index contributed by atoms with van der Waals surface area (Å²) >= 11 is 5.75. The molecule has 2 aliphatic rings. The molecule has 2 saturated heterocycles. The summed E-state index contributed by atoms with van der Waals surface area (Å²) in [5.74, 6) is -0.440. The minimum atomic E-state index is -0.440. The van der Waals surface area contributed by atoms with Crippen LogP contribution in [0, 0.1) is 5.82 Å². The van der Waals surface area contributed by atoms with Gasteiger partial charge >= 0.3 is 6.03 Å². The van der Waals surface area contributed by atoms with E-state index in [4.69, 9.17) is 11.6 Å². The van der Waals surface area contributed by atoms with Crippen molar-refractivity contribution < 1.29 is 9.18 Å². The first-order valence-corrected chi connectivity index (χ1v) is 6.26. The number of carbonyl (C=O) groups excluding carboxylic acids is 1. The quantitative estimate of drug-likeness (QED) is 0.855. The van der Waals surface area contributed by atoms with Gasteiger partial charge in [0.1, 0.15) is 5.82 Å². The van der Waals surface area contributed by atoms with Crippen molar-refractivity contribution in [3.05, 3.63) is 34.6 Å². The molecule has 0 aliphatic carbocycles. The summed E-state index contributed by atoms with van der Waals surface area (Å²) in [7, 11) is 0. The Morgan fingerprint density at radius 1 is 1.39 bits per heavy atom. The van der Waals surface area contributed by atoms with Gasteiger partial charge in [-0.1, -0.05) is 17.7 Å². The molecule has 3 rings (SSSR count). The van der Waals surface area contributed by atoms with E-state index in [1.165, 1.54) is 6.07 Å². The molecule has 1 aromatic rings. The normalized spacial score (nSPS) is 24.0. The fourth-order valence-electron chi connectivity index (χ4n) is 2.28. The predicted octanol–water partition coefficient (Wildman–Crippen LogP) is 1.52. The molecule has 4 nitrogen and oxygen atoms in total. The molecule has 1 unspecified atom stereocenters. The van der Waals surface area contributed by atoms with Crippen molar-refractivity contribution in [2.24, 2.45) is 0 Å². The van der Waals surface area contributed by atoms with Crippen molar-refractivity contribution in [1.29, 1.82) is 0 Å². The Balaban J connectivity index is 1.77. The molecule has 1 atom stereocenters. The van der Waals surface area contributed by atoms with Gasteiger partial charge in [-0.15, -0.1) is 0 Å². The van der Waals surface area contributed by atoms with Crippen LogP contribution < -0.4 is 10.6 Å². The van der Waals surface area contributed by atoms with Gasteiger partial charge in [0.2, 0.25) is 0 Å². The number of urea groups is 1. The Kier molecular flexibility index (Phi) is 2.87. The number of hydrogen-bond donors (Lipinski definition) is 2. The van der Waals surface area contributed by atoms with E-state index < -0.39 is 5.82 Å². The van der Waals surface area contributed by atoms with E-state index in [0.29, 0.717) is 6.54 Å². The largest absolute Gasteiger partial charge is 0.329 e. The minimum absolute atomic E-state index is 0.0630. The Hall–Kier alpha value is -1.33. The maximum absolute atomic E-state index is 13.1. The topological polar surface area (TPSA) is 44.4 Å². The number of carbonyl (C=O) groups is 1.